The van der Waals surface area contributed by atoms with Crippen molar-refractivity contribution in [2.24, 2.45) is 23.2 Å². The second-order valence-electron chi connectivity index (χ2n) is 9.01. The van der Waals surface area contributed by atoms with Gasteiger partial charge in [0.05, 0.1) is 11.6 Å². The van der Waals surface area contributed by atoms with Crippen LogP contribution in [0.2, 0.25) is 0 Å². The number of hydrogen-bond donors (Lipinski definition) is 0. The van der Waals surface area contributed by atoms with E-state index in [2.05, 4.69) is 31.0 Å². The van der Waals surface area contributed by atoms with Crippen LogP contribution in [0.1, 0.15) is 50.8 Å². The summed E-state index contributed by atoms with van der Waals surface area (Å²) in [5.41, 5.74) is 3.60. The first-order valence-electron chi connectivity index (χ1n) is 10.1. The number of carbonyl (C=O) groups excluding carboxylic acids is 1. The first-order valence-corrected chi connectivity index (χ1v) is 10.1. The van der Waals surface area contributed by atoms with Gasteiger partial charge in [-0.15, -0.1) is 0 Å². The van der Waals surface area contributed by atoms with Crippen molar-refractivity contribution in [2.75, 3.05) is 0 Å². The number of nitrogens with zero attached hydrogens (tertiary/aromatic N) is 2. The normalized spacial score (nSPS) is 37.1. The van der Waals surface area contributed by atoms with Crippen LogP contribution in [-0.4, -0.2) is 22.0 Å². The predicted molar refractivity (Wildman–Crippen MR) is 103 cm³/mol. The van der Waals surface area contributed by atoms with Crippen LogP contribution in [0.15, 0.2) is 36.5 Å². The number of rotatable bonds is 1. The molecule has 140 valence electrons. The second kappa shape index (κ2) is 5.88. The van der Waals surface area contributed by atoms with Crippen molar-refractivity contribution in [1.29, 1.82) is 0 Å². The van der Waals surface area contributed by atoms with Gasteiger partial charge in [-0.2, -0.15) is 0 Å². The summed E-state index contributed by atoms with van der Waals surface area (Å²) in [4.78, 5) is 21.9. The minimum atomic E-state index is -0.0140. The molecule has 0 amide bonds. The minimum Gasteiger partial charge on any atom is -0.461 e. The average Bonchev–Trinajstić information content (AvgIpc) is 2.95. The van der Waals surface area contributed by atoms with Gasteiger partial charge in [0, 0.05) is 29.5 Å². The van der Waals surface area contributed by atoms with E-state index in [4.69, 9.17) is 9.72 Å². The molecule has 0 bridgehead atoms. The number of esters is 1. The monoisotopic (exact) mass is 362 g/mol. The van der Waals surface area contributed by atoms with Gasteiger partial charge < -0.3 is 4.74 Å². The lowest BCUT2D eigenvalue weighted by Crippen LogP contribution is -2.50. The van der Waals surface area contributed by atoms with Gasteiger partial charge in [-0.1, -0.05) is 51.1 Å². The lowest BCUT2D eigenvalue weighted by atomic mass is 9.53. The highest BCUT2D eigenvalue weighted by Gasteiger charge is 2.58. The fraction of sp³-hybridized carbons (Fsp3) is 0.522. The number of fused-ring (bicyclic) bond motifs is 4. The molecule has 1 saturated heterocycles. The lowest BCUT2D eigenvalue weighted by Gasteiger charge is -2.52. The summed E-state index contributed by atoms with van der Waals surface area (Å²) in [7, 11) is 0. The van der Waals surface area contributed by atoms with Crippen molar-refractivity contribution in [1.82, 2.24) is 9.97 Å². The molecule has 1 aromatic heterocycles. The molecular formula is C23H26N2O2. The molecule has 1 saturated carbocycles. The van der Waals surface area contributed by atoms with E-state index in [1.165, 1.54) is 5.56 Å². The Labute approximate surface area is 160 Å². The number of benzene rings is 1. The topological polar surface area (TPSA) is 52.1 Å². The molecule has 0 spiro atoms. The SMILES string of the molecule is C[C@@H]1C(=O)O[C@@H]2[C@@H]1CC[C@]1(C)Cc3cnc(-c4ccccc4)nc3[C@@H](C)[C@H]21. The first-order chi connectivity index (χ1) is 13.0. The maximum atomic E-state index is 12.3. The summed E-state index contributed by atoms with van der Waals surface area (Å²) in [6.45, 7) is 6.67. The fourth-order valence-corrected chi connectivity index (χ4v) is 5.98. The highest BCUT2D eigenvalue weighted by Crippen LogP contribution is 2.58. The number of hydrogen-bond acceptors (Lipinski definition) is 4. The summed E-state index contributed by atoms with van der Waals surface area (Å²) in [6.07, 6.45) is 5.25. The summed E-state index contributed by atoms with van der Waals surface area (Å²) >= 11 is 0. The van der Waals surface area contributed by atoms with Crippen LogP contribution in [-0.2, 0) is 16.0 Å². The Morgan fingerprint density at radius 1 is 1.15 bits per heavy atom. The molecule has 2 heterocycles. The van der Waals surface area contributed by atoms with Gasteiger partial charge in [0.2, 0.25) is 0 Å². The summed E-state index contributed by atoms with van der Waals surface area (Å²) in [5, 5.41) is 0. The Balaban J connectivity index is 1.57. The number of aromatic nitrogens is 2. The van der Waals surface area contributed by atoms with E-state index in [-0.39, 0.29) is 29.3 Å². The van der Waals surface area contributed by atoms with Crippen LogP contribution in [0.25, 0.3) is 11.4 Å². The quantitative estimate of drug-likeness (QED) is 0.706. The molecule has 0 N–H and O–H groups in total. The van der Waals surface area contributed by atoms with Crippen LogP contribution in [0.3, 0.4) is 0 Å². The van der Waals surface area contributed by atoms with Gasteiger partial charge in [0.15, 0.2) is 5.82 Å². The first kappa shape index (κ1) is 16.9. The molecule has 6 atom stereocenters. The van der Waals surface area contributed by atoms with Gasteiger partial charge >= 0.3 is 5.97 Å². The third kappa shape index (κ3) is 2.45. The van der Waals surface area contributed by atoms with Crippen molar-refractivity contribution < 1.29 is 9.53 Å². The van der Waals surface area contributed by atoms with Crippen LogP contribution < -0.4 is 0 Å². The molecule has 5 rings (SSSR count). The summed E-state index contributed by atoms with van der Waals surface area (Å²) in [6, 6.07) is 10.1. The van der Waals surface area contributed by atoms with E-state index in [1.807, 2.05) is 31.3 Å². The molecule has 3 aliphatic rings. The highest BCUT2D eigenvalue weighted by molar-refractivity contribution is 5.75. The van der Waals surface area contributed by atoms with Crippen molar-refractivity contribution in [2.45, 2.75) is 52.1 Å². The van der Waals surface area contributed by atoms with Crippen molar-refractivity contribution in [3.05, 3.63) is 47.8 Å². The molecule has 1 aromatic carbocycles. The molecule has 0 radical (unpaired) electrons. The maximum absolute atomic E-state index is 12.3. The van der Waals surface area contributed by atoms with Crippen LogP contribution in [0, 0.1) is 23.2 Å². The molecule has 1 aliphatic heterocycles. The largest absolute Gasteiger partial charge is 0.461 e. The van der Waals surface area contributed by atoms with E-state index in [0.29, 0.717) is 11.8 Å². The summed E-state index contributed by atoms with van der Waals surface area (Å²) < 4.78 is 5.93. The Bertz CT molecular complexity index is 897. The Hall–Kier alpha value is -2.23. The molecule has 2 aromatic rings. The smallest absolute Gasteiger partial charge is 0.309 e. The maximum Gasteiger partial charge on any atom is 0.309 e. The molecule has 2 fully saturated rings. The zero-order valence-corrected chi connectivity index (χ0v) is 16.2. The highest BCUT2D eigenvalue weighted by atomic mass is 16.6. The number of carbonyl (C=O) groups is 1. The molecular weight excluding hydrogens is 336 g/mol. The van der Waals surface area contributed by atoms with Crippen LogP contribution >= 0.6 is 0 Å². The lowest BCUT2D eigenvalue weighted by molar-refractivity contribution is -0.149. The number of ether oxygens (including phenoxy) is 1. The predicted octanol–water partition coefficient (Wildman–Crippen LogP) is 4.40. The molecule has 4 heteroatoms. The van der Waals surface area contributed by atoms with Crippen molar-refractivity contribution >= 4 is 5.97 Å². The van der Waals surface area contributed by atoms with E-state index < -0.39 is 0 Å². The van der Waals surface area contributed by atoms with Gasteiger partial charge in [0.1, 0.15) is 6.10 Å². The third-order valence-electron chi connectivity index (χ3n) is 7.39. The summed E-state index contributed by atoms with van der Waals surface area (Å²) in [5.74, 6) is 1.74. The van der Waals surface area contributed by atoms with Gasteiger partial charge in [0.25, 0.3) is 0 Å². The van der Waals surface area contributed by atoms with Crippen molar-refractivity contribution in [3.63, 3.8) is 0 Å². The van der Waals surface area contributed by atoms with Gasteiger partial charge in [-0.25, -0.2) is 9.97 Å². The standard InChI is InChI=1S/C23H26N2O2/c1-13-17-9-10-23(3)11-16-12-24-21(15-7-5-4-6-8-15)25-19(16)14(2)18(23)20(17)27-22(13)26/h4-8,12-14,17-18,20H,9-11H2,1-3H3/t13-,14-,17+,18+,20+,23+/m0/s1. The Morgan fingerprint density at radius 2 is 1.93 bits per heavy atom. The van der Waals surface area contributed by atoms with Gasteiger partial charge in [-0.05, 0) is 30.2 Å². The van der Waals surface area contributed by atoms with E-state index in [9.17, 15) is 4.79 Å². The third-order valence-corrected chi connectivity index (χ3v) is 7.39. The van der Waals surface area contributed by atoms with E-state index in [0.717, 1.165) is 36.3 Å². The molecule has 4 nitrogen and oxygen atoms in total. The van der Waals surface area contributed by atoms with Gasteiger partial charge in [-0.3, -0.25) is 4.79 Å². The van der Waals surface area contributed by atoms with E-state index in [1.54, 1.807) is 0 Å². The zero-order valence-electron chi connectivity index (χ0n) is 16.2. The van der Waals surface area contributed by atoms with Crippen molar-refractivity contribution in [3.8, 4) is 11.4 Å². The van der Waals surface area contributed by atoms with Crippen LogP contribution in [0.4, 0.5) is 0 Å². The Morgan fingerprint density at radius 3 is 2.70 bits per heavy atom. The minimum absolute atomic E-state index is 0.0140. The zero-order chi connectivity index (χ0) is 18.8. The fourth-order valence-electron chi connectivity index (χ4n) is 5.98. The Kier molecular flexibility index (Phi) is 3.68. The average molecular weight is 362 g/mol. The molecule has 0 unspecified atom stereocenters. The van der Waals surface area contributed by atoms with Crippen LogP contribution in [0.5, 0.6) is 0 Å². The molecule has 27 heavy (non-hydrogen) atoms. The second-order valence-corrected chi connectivity index (χ2v) is 9.01. The molecule has 2 aliphatic carbocycles. The van der Waals surface area contributed by atoms with E-state index >= 15 is 0 Å².